The molecule has 1 unspecified atom stereocenters. The summed E-state index contributed by atoms with van der Waals surface area (Å²) in [6, 6.07) is 19.9. The number of piperidine rings is 1. The van der Waals surface area contributed by atoms with Gasteiger partial charge in [-0.2, -0.15) is 5.26 Å². The first-order chi connectivity index (χ1) is 27.8. The number of nitrogens with zero attached hydrogens (tertiary/aromatic N) is 3. The number of carbonyl (C=O) groups excluding carboxylic acids is 5. The van der Waals surface area contributed by atoms with E-state index in [1.165, 1.54) is 12.1 Å². The second-order valence-electron chi connectivity index (χ2n) is 15.9. The van der Waals surface area contributed by atoms with Crippen LogP contribution < -0.4 is 24.8 Å². The number of rotatable bonds is 15. The van der Waals surface area contributed by atoms with Gasteiger partial charge in [0.25, 0.3) is 17.7 Å². The highest BCUT2D eigenvalue weighted by atomic mass is 16.5. The van der Waals surface area contributed by atoms with E-state index in [1.807, 2.05) is 18.2 Å². The molecule has 14 heteroatoms. The monoisotopic (exact) mass is 787 g/mol. The zero-order chi connectivity index (χ0) is 41.2. The van der Waals surface area contributed by atoms with E-state index in [-0.39, 0.29) is 42.0 Å². The Balaban J connectivity index is 0.801. The fourth-order valence-electron chi connectivity index (χ4n) is 8.53. The molecule has 14 nitrogen and oxygen atoms in total. The molecule has 1 saturated carbocycles. The van der Waals surface area contributed by atoms with Crippen molar-refractivity contribution in [1.29, 1.82) is 5.26 Å². The quantitative estimate of drug-likeness (QED) is 0.117. The average Bonchev–Trinajstić information content (AvgIpc) is 3.45. The van der Waals surface area contributed by atoms with Crippen LogP contribution in [0.1, 0.15) is 90.0 Å². The van der Waals surface area contributed by atoms with Gasteiger partial charge in [-0.05, 0) is 73.2 Å². The van der Waals surface area contributed by atoms with Crippen molar-refractivity contribution in [2.45, 2.75) is 71.6 Å². The van der Waals surface area contributed by atoms with E-state index in [9.17, 15) is 29.2 Å². The Morgan fingerprint density at radius 2 is 1.55 bits per heavy atom. The molecular weight excluding hydrogens is 743 g/mol. The molecule has 5 amide bonds. The van der Waals surface area contributed by atoms with Gasteiger partial charge in [-0.15, -0.1) is 0 Å². The van der Waals surface area contributed by atoms with Crippen LogP contribution in [0.2, 0.25) is 0 Å². The van der Waals surface area contributed by atoms with Crippen LogP contribution in [-0.2, 0) is 14.3 Å². The normalized spacial score (nSPS) is 20.5. The third kappa shape index (κ3) is 7.69. The van der Waals surface area contributed by atoms with Gasteiger partial charge in [-0.25, -0.2) is 0 Å². The summed E-state index contributed by atoms with van der Waals surface area (Å²) in [7, 11) is 0. The highest BCUT2D eigenvalue weighted by Gasteiger charge is 2.64. The summed E-state index contributed by atoms with van der Waals surface area (Å²) >= 11 is 0. The number of benzene rings is 3. The van der Waals surface area contributed by atoms with Gasteiger partial charge in [-0.1, -0.05) is 27.7 Å². The summed E-state index contributed by atoms with van der Waals surface area (Å²) in [5.74, 6) is -0.691. The van der Waals surface area contributed by atoms with Crippen LogP contribution in [0, 0.1) is 22.2 Å². The zero-order valence-corrected chi connectivity index (χ0v) is 32.8. The lowest BCUT2D eigenvalue weighted by Gasteiger charge is -2.63. The number of amides is 5. The fraction of sp³-hybridized carbons (Fsp3) is 0.386. The van der Waals surface area contributed by atoms with Crippen molar-refractivity contribution in [3.8, 4) is 23.3 Å². The fourth-order valence-corrected chi connectivity index (χ4v) is 8.53. The van der Waals surface area contributed by atoms with Crippen molar-refractivity contribution in [3.63, 3.8) is 0 Å². The molecule has 300 valence electrons. The van der Waals surface area contributed by atoms with Crippen molar-refractivity contribution >= 4 is 40.4 Å². The largest absolute Gasteiger partial charge is 0.494 e. The van der Waals surface area contributed by atoms with Crippen LogP contribution in [0.3, 0.4) is 0 Å². The molecule has 1 saturated heterocycles. The molecule has 0 spiro atoms. The number of hydrogen-bond donors (Lipinski definition) is 2. The van der Waals surface area contributed by atoms with Gasteiger partial charge in [0.1, 0.15) is 35.5 Å². The van der Waals surface area contributed by atoms with Gasteiger partial charge >= 0.3 is 0 Å². The first-order valence-electron chi connectivity index (χ1n) is 19.4. The molecular formula is C44H45N5O9. The molecule has 1 aliphatic carbocycles. The Labute approximate surface area is 335 Å². The molecule has 7 rings (SSSR count). The highest BCUT2D eigenvalue weighted by molar-refractivity contribution is 6.23. The predicted molar refractivity (Wildman–Crippen MR) is 210 cm³/mol. The molecule has 2 aliphatic heterocycles. The molecule has 2 fully saturated rings. The predicted octanol–water partition coefficient (Wildman–Crippen LogP) is 5.37. The minimum Gasteiger partial charge on any atom is -0.494 e. The summed E-state index contributed by atoms with van der Waals surface area (Å²) in [6.45, 7) is 10.0. The smallest absolute Gasteiger partial charge is 0.262 e. The van der Waals surface area contributed by atoms with Crippen LogP contribution in [0.25, 0.3) is 10.9 Å². The molecule has 1 aromatic heterocycles. The van der Waals surface area contributed by atoms with Crippen molar-refractivity contribution in [2.24, 2.45) is 10.8 Å². The average molecular weight is 788 g/mol. The van der Waals surface area contributed by atoms with Gasteiger partial charge in [0, 0.05) is 66.5 Å². The third-order valence-corrected chi connectivity index (χ3v) is 11.1. The summed E-state index contributed by atoms with van der Waals surface area (Å²) in [6.07, 6.45) is 2.84. The van der Waals surface area contributed by atoms with Gasteiger partial charge < -0.3 is 24.3 Å². The lowest BCUT2D eigenvalue weighted by atomic mass is 9.49. The molecule has 3 aromatic carbocycles. The van der Waals surface area contributed by atoms with E-state index >= 15 is 0 Å². The van der Waals surface area contributed by atoms with Crippen LogP contribution in [0.15, 0.2) is 72.9 Å². The molecule has 1 atom stereocenters. The molecule has 0 radical (unpaired) electrons. The van der Waals surface area contributed by atoms with Crippen LogP contribution >= 0.6 is 0 Å². The van der Waals surface area contributed by atoms with Crippen molar-refractivity contribution in [2.75, 3.05) is 26.4 Å². The maximum Gasteiger partial charge on any atom is 0.262 e. The second kappa shape index (κ2) is 16.3. The number of nitriles is 1. The number of imide groups is 2. The number of hydrogen-bond acceptors (Lipinski definition) is 11. The molecule has 0 bridgehead atoms. The van der Waals surface area contributed by atoms with E-state index < -0.39 is 40.5 Å². The summed E-state index contributed by atoms with van der Waals surface area (Å²) in [5, 5.41) is 15.7. The van der Waals surface area contributed by atoms with Crippen LogP contribution in [-0.4, -0.2) is 84.0 Å². The minimum absolute atomic E-state index is 0.0572. The Bertz CT molecular complexity index is 2300. The lowest BCUT2D eigenvalue weighted by Crippen LogP contribution is -2.74. The Kier molecular flexibility index (Phi) is 11.2. The van der Waals surface area contributed by atoms with Gasteiger partial charge in [-0.3, -0.25) is 39.2 Å². The maximum absolute atomic E-state index is 13.4. The number of nitrogens with one attached hydrogen (secondary N) is 2. The third-order valence-electron chi connectivity index (χ3n) is 11.1. The molecule has 2 N–H and O–H groups in total. The van der Waals surface area contributed by atoms with Crippen molar-refractivity contribution in [1.82, 2.24) is 20.5 Å². The number of fused-ring (bicyclic) bond motifs is 2. The summed E-state index contributed by atoms with van der Waals surface area (Å²) < 4.78 is 24.0. The first kappa shape index (κ1) is 39.9. The van der Waals surface area contributed by atoms with Crippen LogP contribution in [0.4, 0.5) is 0 Å². The van der Waals surface area contributed by atoms with Gasteiger partial charge in [0.05, 0.1) is 35.4 Å². The van der Waals surface area contributed by atoms with E-state index in [2.05, 4.69) is 49.4 Å². The highest BCUT2D eigenvalue weighted by Crippen LogP contribution is 2.56. The van der Waals surface area contributed by atoms with E-state index in [0.29, 0.717) is 73.2 Å². The maximum atomic E-state index is 13.4. The Morgan fingerprint density at radius 1 is 0.879 bits per heavy atom. The number of carbonyl (C=O) groups is 5. The standard InChI is InChI=1S/C44H45N5O9/c1-43(2)41(44(3,4)42(43)58-34-17-11-27(25-45)36-31(34)8-5-19-46-36)48-37(51)26-9-12-28(13-10-26)56-22-6-20-55-21-7-23-57-29-14-15-30-32(24-29)40(54)49(39(30)53)33-16-18-35(50)47-38(33)52/h5,8-15,17,19,24,33,41-42H,6-7,16,18,20-23H2,1-4H3,(H,48,51)(H,47,50,52)/t33?,41-,42-. The van der Waals surface area contributed by atoms with Crippen LogP contribution in [0.5, 0.6) is 17.2 Å². The molecule has 3 aliphatic rings. The summed E-state index contributed by atoms with van der Waals surface area (Å²) in [5.41, 5.74) is 1.18. The molecule has 4 aromatic rings. The molecule has 3 heterocycles. The van der Waals surface area contributed by atoms with Gasteiger partial charge in [0.2, 0.25) is 11.8 Å². The number of aromatic nitrogens is 1. The SMILES string of the molecule is CC1(C)[C@H](NC(=O)c2ccc(OCCCOCCCOc3ccc4c(c3)C(=O)N(C3CCC(=O)NC3=O)C4=O)cc2)C(C)(C)[C@H]1Oc1ccc(C#N)c2ncccc12. The topological polar surface area (TPSA) is 186 Å². The summed E-state index contributed by atoms with van der Waals surface area (Å²) in [4.78, 5) is 68.4. The number of pyridine rings is 1. The van der Waals surface area contributed by atoms with Crippen molar-refractivity contribution < 1.29 is 42.9 Å². The number of ether oxygens (including phenoxy) is 4. The van der Waals surface area contributed by atoms with Crippen molar-refractivity contribution in [3.05, 3.63) is 95.2 Å². The van der Waals surface area contributed by atoms with E-state index in [1.54, 1.807) is 42.6 Å². The zero-order valence-electron chi connectivity index (χ0n) is 32.8. The second-order valence-corrected chi connectivity index (χ2v) is 15.9. The molecule has 58 heavy (non-hydrogen) atoms. The lowest BCUT2D eigenvalue weighted by molar-refractivity contribution is -0.163. The van der Waals surface area contributed by atoms with Gasteiger partial charge in [0.15, 0.2) is 0 Å². The Morgan fingerprint density at radius 3 is 2.24 bits per heavy atom. The van der Waals surface area contributed by atoms with E-state index in [0.717, 1.165) is 10.3 Å². The Hall–Kier alpha value is -6.33. The van der Waals surface area contributed by atoms with E-state index in [4.69, 9.17) is 18.9 Å². The first-order valence-corrected chi connectivity index (χ1v) is 19.4. The minimum atomic E-state index is -1.02.